The molecule has 0 radical (unpaired) electrons. The van der Waals surface area contributed by atoms with Crippen LogP contribution < -0.4 is 10.9 Å². The fourth-order valence-corrected chi connectivity index (χ4v) is 1.82. The molecule has 108 valence electrons. The van der Waals surface area contributed by atoms with E-state index >= 15 is 0 Å². The van der Waals surface area contributed by atoms with Crippen molar-refractivity contribution in [2.45, 2.75) is 6.54 Å². The second-order valence-corrected chi connectivity index (χ2v) is 5.08. The van der Waals surface area contributed by atoms with E-state index in [0.717, 1.165) is 6.54 Å². The molecule has 0 atom stereocenters. The maximum atomic E-state index is 12.1. The fraction of sp³-hybridized carbons (Fsp3) is 0.417. The average Bonchev–Trinajstić information content (AvgIpc) is 2.79. The van der Waals surface area contributed by atoms with Gasteiger partial charge in [-0.05, 0) is 14.1 Å². The van der Waals surface area contributed by atoms with Gasteiger partial charge in [-0.1, -0.05) is 11.6 Å². The van der Waals surface area contributed by atoms with Gasteiger partial charge in [-0.15, -0.1) is 0 Å². The van der Waals surface area contributed by atoms with Gasteiger partial charge in [0.15, 0.2) is 5.82 Å². The van der Waals surface area contributed by atoms with Crippen LogP contribution in [0.15, 0.2) is 23.3 Å². The van der Waals surface area contributed by atoms with Crippen LogP contribution in [0.3, 0.4) is 0 Å². The lowest BCUT2D eigenvalue weighted by Gasteiger charge is -2.12. The van der Waals surface area contributed by atoms with Crippen molar-refractivity contribution in [1.82, 2.24) is 24.5 Å². The van der Waals surface area contributed by atoms with Crippen LogP contribution in [0.2, 0.25) is 5.02 Å². The Bertz CT molecular complexity index is 648. The van der Waals surface area contributed by atoms with Crippen LogP contribution in [0.25, 0.3) is 0 Å². The molecule has 0 spiro atoms. The highest BCUT2D eigenvalue weighted by molar-refractivity contribution is 6.33. The molecule has 0 amide bonds. The molecule has 8 heteroatoms. The second-order valence-electron chi connectivity index (χ2n) is 4.70. The highest BCUT2D eigenvalue weighted by Gasteiger charge is 2.10. The zero-order chi connectivity index (χ0) is 14.7. The van der Waals surface area contributed by atoms with Gasteiger partial charge in [0.1, 0.15) is 5.02 Å². The van der Waals surface area contributed by atoms with Gasteiger partial charge in [-0.3, -0.25) is 9.48 Å². The SMILES string of the molecule is CN(C)CCn1ncc(Nc2ccn(C)n2)c(Cl)c1=O. The summed E-state index contributed by atoms with van der Waals surface area (Å²) in [7, 11) is 5.68. The number of hydrogen-bond acceptors (Lipinski definition) is 5. The molecule has 20 heavy (non-hydrogen) atoms. The molecular weight excluding hydrogens is 280 g/mol. The van der Waals surface area contributed by atoms with Crippen LogP contribution in [0, 0.1) is 0 Å². The van der Waals surface area contributed by atoms with Gasteiger partial charge in [-0.2, -0.15) is 10.2 Å². The van der Waals surface area contributed by atoms with Crippen molar-refractivity contribution in [1.29, 1.82) is 0 Å². The molecule has 0 unspecified atom stereocenters. The number of rotatable bonds is 5. The molecule has 0 aromatic carbocycles. The van der Waals surface area contributed by atoms with Crippen molar-refractivity contribution in [2.75, 3.05) is 26.0 Å². The number of aromatic nitrogens is 4. The quantitative estimate of drug-likeness (QED) is 0.889. The molecule has 0 aliphatic heterocycles. The first kappa shape index (κ1) is 14.5. The summed E-state index contributed by atoms with van der Waals surface area (Å²) < 4.78 is 3.01. The topological polar surface area (TPSA) is 68.0 Å². The molecule has 2 rings (SSSR count). The van der Waals surface area contributed by atoms with E-state index in [-0.39, 0.29) is 10.6 Å². The smallest absolute Gasteiger partial charge is 0.287 e. The number of hydrogen-bond donors (Lipinski definition) is 1. The van der Waals surface area contributed by atoms with Gasteiger partial charge in [-0.25, -0.2) is 4.68 Å². The Morgan fingerprint density at radius 3 is 2.80 bits per heavy atom. The minimum Gasteiger partial charge on any atom is -0.336 e. The second kappa shape index (κ2) is 6.06. The lowest BCUT2D eigenvalue weighted by atomic mass is 10.4. The van der Waals surface area contributed by atoms with Crippen molar-refractivity contribution in [3.63, 3.8) is 0 Å². The molecule has 1 N–H and O–H groups in total. The summed E-state index contributed by atoms with van der Waals surface area (Å²) in [6.07, 6.45) is 3.33. The predicted octanol–water partition coefficient (Wildman–Crippen LogP) is 0.935. The van der Waals surface area contributed by atoms with Crippen molar-refractivity contribution < 1.29 is 0 Å². The minimum atomic E-state index is -0.311. The standard InChI is InChI=1S/C12H17ClN6O/c1-17(2)6-7-19-12(20)11(13)9(8-14-19)15-10-4-5-18(3)16-10/h4-5,8H,6-7H2,1-3H3,(H,15,16). The number of nitrogens with one attached hydrogen (secondary N) is 1. The monoisotopic (exact) mass is 296 g/mol. The van der Waals surface area contributed by atoms with Crippen LogP contribution >= 0.6 is 11.6 Å². The Hall–Kier alpha value is -1.86. The lowest BCUT2D eigenvalue weighted by Crippen LogP contribution is -2.29. The van der Waals surface area contributed by atoms with Crippen molar-refractivity contribution in [2.24, 2.45) is 7.05 Å². The van der Waals surface area contributed by atoms with Gasteiger partial charge in [0, 0.05) is 25.9 Å². The largest absolute Gasteiger partial charge is 0.336 e. The Morgan fingerprint density at radius 1 is 1.45 bits per heavy atom. The first-order valence-electron chi connectivity index (χ1n) is 6.14. The summed E-state index contributed by atoms with van der Waals surface area (Å²) in [5.74, 6) is 0.613. The number of nitrogens with zero attached hydrogens (tertiary/aromatic N) is 5. The zero-order valence-corrected chi connectivity index (χ0v) is 12.4. The normalized spacial score (nSPS) is 11.1. The van der Waals surface area contributed by atoms with E-state index in [2.05, 4.69) is 15.5 Å². The predicted molar refractivity (Wildman–Crippen MR) is 78.6 cm³/mol. The summed E-state index contributed by atoms with van der Waals surface area (Å²) in [5.41, 5.74) is 0.144. The van der Waals surface area contributed by atoms with E-state index in [9.17, 15) is 4.79 Å². The van der Waals surface area contributed by atoms with Gasteiger partial charge in [0.2, 0.25) is 0 Å². The summed E-state index contributed by atoms with van der Waals surface area (Å²) in [6, 6.07) is 1.79. The maximum absolute atomic E-state index is 12.1. The number of anilines is 2. The Balaban J connectivity index is 2.20. The molecule has 0 fully saturated rings. The summed E-state index contributed by atoms with van der Waals surface area (Å²) in [6.45, 7) is 1.21. The summed E-state index contributed by atoms with van der Waals surface area (Å²) in [4.78, 5) is 14.1. The van der Waals surface area contributed by atoms with Gasteiger partial charge < -0.3 is 10.2 Å². The molecular formula is C12H17ClN6O. The van der Waals surface area contributed by atoms with Crippen LogP contribution in [0.4, 0.5) is 11.5 Å². The van der Waals surface area contributed by atoms with Crippen molar-refractivity contribution in [3.8, 4) is 0 Å². The summed E-state index contributed by atoms with van der Waals surface area (Å²) in [5, 5.41) is 11.4. The molecule has 0 saturated heterocycles. The Labute approximate surface area is 121 Å². The lowest BCUT2D eigenvalue weighted by molar-refractivity contribution is 0.367. The molecule has 2 heterocycles. The van der Waals surface area contributed by atoms with Crippen molar-refractivity contribution in [3.05, 3.63) is 33.8 Å². The van der Waals surface area contributed by atoms with E-state index < -0.39 is 0 Å². The van der Waals surface area contributed by atoms with Crippen LogP contribution in [0.1, 0.15) is 0 Å². The maximum Gasteiger partial charge on any atom is 0.287 e. The van der Waals surface area contributed by atoms with Crippen LogP contribution in [-0.2, 0) is 13.6 Å². The first-order chi connectivity index (χ1) is 9.47. The summed E-state index contributed by atoms with van der Waals surface area (Å²) >= 11 is 6.09. The minimum absolute atomic E-state index is 0.115. The van der Waals surface area contributed by atoms with E-state index in [4.69, 9.17) is 11.6 Å². The number of likely N-dealkylation sites (N-methyl/N-ethyl adjacent to an activating group) is 1. The Morgan fingerprint density at radius 2 is 2.20 bits per heavy atom. The van der Waals surface area contributed by atoms with E-state index in [1.807, 2.05) is 26.0 Å². The third-order valence-corrected chi connectivity index (χ3v) is 3.09. The average molecular weight is 297 g/mol. The third-order valence-electron chi connectivity index (χ3n) is 2.72. The Kier molecular flexibility index (Phi) is 4.41. The highest BCUT2D eigenvalue weighted by atomic mass is 35.5. The van der Waals surface area contributed by atoms with Crippen LogP contribution in [-0.4, -0.2) is 45.1 Å². The first-order valence-corrected chi connectivity index (χ1v) is 6.52. The third kappa shape index (κ3) is 3.37. The van der Waals surface area contributed by atoms with Crippen LogP contribution in [0.5, 0.6) is 0 Å². The van der Waals surface area contributed by atoms with E-state index in [1.165, 1.54) is 10.9 Å². The van der Waals surface area contributed by atoms with Gasteiger partial charge in [0.05, 0.1) is 18.4 Å². The highest BCUT2D eigenvalue weighted by Crippen LogP contribution is 2.19. The molecule has 2 aromatic heterocycles. The molecule has 7 nitrogen and oxygen atoms in total. The van der Waals surface area contributed by atoms with Gasteiger partial charge >= 0.3 is 0 Å². The van der Waals surface area contributed by atoms with Crippen molar-refractivity contribution >= 4 is 23.1 Å². The fourth-order valence-electron chi connectivity index (χ4n) is 1.63. The number of aryl methyl sites for hydroxylation is 1. The zero-order valence-electron chi connectivity index (χ0n) is 11.7. The molecule has 2 aromatic rings. The molecule has 0 saturated carbocycles. The van der Waals surface area contributed by atoms with Gasteiger partial charge in [0.25, 0.3) is 5.56 Å². The van der Waals surface area contributed by atoms with E-state index in [0.29, 0.717) is 18.1 Å². The van der Waals surface area contributed by atoms with E-state index in [1.54, 1.807) is 16.9 Å². The molecule has 0 bridgehead atoms. The molecule has 0 aliphatic rings. The molecule has 0 aliphatic carbocycles. The number of halogens is 1.